The highest BCUT2D eigenvalue weighted by Crippen LogP contribution is 2.17. The molecule has 5 nitrogen and oxygen atoms in total. The lowest BCUT2D eigenvalue weighted by atomic mass is 9.97. The number of piperidine rings is 1. The van der Waals surface area contributed by atoms with Crippen molar-refractivity contribution in [2.45, 2.75) is 32.3 Å². The lowest BCUT2D eigenvalue weighted by Gasteiger charge is -2.32. The number of hydrogen-bond acceptors (Lipinski definition) is 5. The van der Waals surface area contributed by atoms with Gasteiger partial charge in [0.05, 0.1) is 19.1 Å². The summed E-state index contributed by atoms with van der Waals surface area (Å²) in [6, 6.07) is 0. The minimum absolute atomic E-state index is 0.0891. The van der Waals surface area contributed by atoms with Gasteiger partial charge in [-0.05, 0) is 38.8 Å². The van der Waals surface area contributed by atoms with Crippen molar-refractivity contribution >= 4 is 5.97 Å². The average Bonchev–Trinajstić information content (AvgIpc) is 2.32. The molecule has 0 spiro atoms. The highest BCUT2D eigenvalue weighted by Gasteiger charge is 2.22. The Bertz CT molecular complexity index is 239. The number of hydrogen-bond donors (Lipinski definition) is 1. The zero-order valence-electron chi connectivity index (χ0n) is 11.4. The zero-order chi connectivity index (χ0) is 13.4. The minimum atomic E-state index is -0.622. The van der Waals surface area contributed by atoms with E-state index in [1.165, 1.54) is 0 Å². The maximum absolute atomic E-state index is 11.2. The predicted octanol–water partition coefficient (Wildman–Crippen LogP) is 0.659. The van der Waals surface area contributed by atoms with Crippen molar-refractivity contribution in [1.82, 2.24) is 4.90 Å². The van der Waals surface area contributed by atoms with Gasteiger partial charge in [-0.3, -0.25) is 4.79 Å². The van der Waals surface area contributed by atoms with E-state index in [9.17, 15) is 9.90 Å². The molecular formula is C13H25NO4. The van der Waals surface area contributed by atoms with Crippen LogP contribution in [0, 0.1) is 5.92 Å². The van der Waals surface area contributed by atoms with Crippen LogP contribution >= 0.6 is 0 Å². The maximum Gasteiger partial charge on any atom is 0.308 e. The van der Waals surface area contributed by atoms with Crippen molar-refractivity contribution < 1.29 is 19.4 Å². The molecular weight excluding hydrogens is 234 g/mol. The number of methoxy groups -OCH3 is 1. The molecule has 0 amide bonds. The Balaban J connectivity index is 2.17. The van der Waals surface area contributed by atoms with E-state index in [0.717, 1.165) is 32.5 Å². The number of rotatable bonds is 7. The summed E-state index contributed by atoms with van der Waals surface area (Å²) in [7, 11) is 1.73. The first-order chi connectivity index (χ1) is 8.65. The lowest BCUT2D eigenvalue weighted by molar-refractivity contribution is -0.145. The fraction of sp³-hybridized carbons (Fsp3) is 0.923. The van der Waals surface area contributed by atoms with E-state index in [2.05, 4.69) is 4.90 Å². The Morgan fingerprint density at radius 3 is 2.67 bits per heavy atom. The van der Waals surface area contributed by atoms with Gasteiger partial charge in [0.1, 0.15) is 0 Å². The molecule has 1 heterocycles. The Kier molecular flexibility index (Phi) is 7.23. The van der Waals surface area contributed by atoms with Gasteiger partial charge in [0.15, 0.2) is 0 Å². The summed E-state index contributed by atoms with van der Waals surface area (Å²) in [5, 5.41) is 9.80. The van der Waals surface area contributed by atoms with E-state index < -0.39 is 6.10 Å². The molecule has 0 saturated carbocycles. The molecule has 1 saturated heterocycles. The van der Waals surface area contributed by atoms with E-state index in [4.69, 9.17) is 9.47 Å². The minimum Gasteiger partial charge on any atom is -0.466 e. The van der Waals surface area contributed by atoms with Crippen LogP contribution < -0.4 is 0 Å². The first-order valence-corrected chi connectivity index (χ1v) is 6.70. The summed E-state index contributed by atoms with van der Waals surface area (Å²) in [6.45, 7) is 5.44. The number of carbonyl (C=O) groups excluding carboxylic acids is 1. The number of nitrogens with zero attached hydrogens (tertiary/aromatic N) is 1. The highest BCUT2D eigenvalue weighted by atomic mass is 16.5. The van der Waals surface area contributed by atoms with Crippen LogP contribution in [0.15, 0.2) is 0 Å². The van der Waals surface area contributed by atoms with E-state index in [-0.39, 0.29) is 12.4 Å². The van der Waals surface area contributed by atoms with Crippen molar-refractivity contribution in [3.63, 3.8) is 0 Å². The van der Waals surface area contributed by atoms with Crippen LogP contribution in [0.2, 0.25) is 0 Å². The SMILES string of the molecule is CCOC(=O)CC(O)CN1CCC(COC)CC1. The second-order valence-corrected chi connectivity index (χ2v) is 4.86. The number of likely N-dealkylation sites (tertiary alicyclic amines) is 1. The molecule has 1 aliphatic heterocycles. The van der Waals surface area contributed by atoms with Crippen molar-refractivity contribution in [3.05, 3.63) is 0 Å². The Morgan fingerprint density at radius 2 is 2.11 bits per heavy atom. The largest absolute Gasteiger partial charge is 0.466 e. The van der Waals surface area contributed by atoms with E-state index in [0.29, 0.717) is 19.1 Å². The van der Waals surface area contributed by atoms with Gasteiger partial charge in [-0.15, -0.1) is 0 Å². The number of carbonyl (C=O) groups is 1. The lowest BCUT2D eigenvalue weighted by Crippen LogP contribution is -2.40. The normalized spacial score (nSPS) is 19.7. The third kappa shape index (κ3) is 5.80. The summed E-state index contributed by atoms with van der Waals surface area (Å²) in [6.07, 6.45) is 1.66. The highest BCUT2D eigenvalue weighted by molar-refractivity contribution is 5.69. The van der Waals surface area contributed by atoms with E-state index in [1.54, 1.807) is 14.0 Å². The maximum atomic E-state index is 11.2. The van der Waals surface area contributed by atoms with Crippen LogP contribution in [0.1, 0.15) is 26.2 Å². The number of esters is 1. The fourth-order valence-corrected chi connectivity index (χ4v) is 2.35. The van der Waals surface area contributed by atoms with E-state index in [1.807, 2.05) is 0 Å². The third-order valence-electron chi connectivity index (χ3n) is 3.29. The van der Waals surface area contributed by atoms with Crippen LogP contribution in [0.5, 0.6) is 0 Å². The molecule has 0 radical (unpaired) electrons. The second kappa shape index (κ2) is 8.45. The van der Waals surface area contributed by atoms with Crippen molar-refractivity contribution in [3.8, 4) is 0 Å². The van der Waals surface area contributed by atoms with Crippen LogP contribution in [0.3, 0.4) is 0 Å². The van der Waals surface area contributed by atoms with Gasteiger partial charge in [0, 0.05) is 20.3 Å². The third-order valence-corrected chi connectivity index (χ3v) is 3.29. The summed E-state index contributed by atoms with van der Waals surface area (Å²) in [5.41, 5.74) is 0. The first kappa shape index (κ1) is 15.4. The first-order valence-electron chi connectivity index (χ1n) is 6.70. The average molecular weight is 259 g/mol. The van der Waals surface area contributed by atoms with Crippen molar-refractivity contribution in [2.75, 3.05) is 40.0 Å². The molecule has 1 aliphatic rings. The van der Waals surface area contributed by atoms with Gasteiger partial charge in [0.2, 0.25) is 0 Å². The van der Waals surface area contributed by atoms with Crippen LogP contribution in [0.25, 0.3) is 0 Å². The van der Waals surface area contributed by atoms with Gasteiger partial charge >= 0.3 is 5.97 Å². The van der Waals surface area contributed by atoms with Gasteiger partial charge in [-0.25, -0.2) is 0 Å². The molecule has 1 rings (SSSR count). The molecule has 0 bridgehead atoms. The summed E-state index contributed by atoms with van der Waals surface area (Å²) >= 11 is 0. The van der Waals surface area contributed by atoms with Crippen LogP contribution in [-0.2, 0) is 14.3 Å². The molecule has 1 atom stereocenters. The van der Waals surface area contributed by atoms with Crippen LogP contribution in [0.4, 0.5) is 0 Å². The molecule has 0 aromatic carbocycles. The number of β-amino-alcohol motifs (C(OH)–C–C–N with tert-alkyl or cyclic N) is 1. The Labute approximate surface area is 109 Å². The molecule has 0 aromatic rings. The van der Waals surface area contributed by atoms with Gasteiger partial charge in [-0.1, -0.05) is 0 Å². The van der Waals surface area contributed by atoms with Crippen molar-refractivity contribution in [2.24, 2.45) is 5.92 Å². The number of aliphatic hydroxyl groups is 1. The fourth-order valence-electron chi connectivity index (χ4n) is 2.35. The van der Waals surface area contributed by atoms with Crippen LogP contribution in [-0.4, -0.2) is 62.0 Å². The van der Waals surface area contributed by atoms with E-state index >= 15 is 0 Å². The predicted molar refractivity (Wildman–Crippen MR) is 68.3 cm³/mol. The topological polar surface area (TPSA) is 59.0 Å². The molecule has 5 heteroatoms. The monoisotopic (exact) mass is 259 g/mol. The molecule has 1 fully saturated rings. The molecule has 106 valence electrons. The number of ether oxygens (including phenoxy) is 2. The summed E-state index contributed by atoms with van der Waals surface area (Å²) < 4.78 is 9.96. The second-order valence-electron chi connectivity index (χ2n) is 4.86. The standard InChI is InChI=1S/C13H25NO4/c1-3-18-13(16)8-12(15)9-14-6-4-11(5-7-14)10-17-2/h11-12,15H,3-10H2,1-2H3. The zero-order valence-corrected chi connectivity index (χ0v) is 11.4. The molecule has 0 aliphatic carbocycles. The summed E-state index contributed by atoms with van der Waals surface area (Å²) in [4.78, 5) is 13.4. The van der Waals surface area contributed by atoms with Crippen molar-refractivity contribution in [1.29, 1.82) is 0 Å². The molecule has 18 heavy (non-hydrogen) atoms. The smallest absolute Gasteiger partial charge is 0.308 e. The van der Waals surface area contributed by atoms with Gasteiger partial charge in [0.25, 0.3) is 0 Å². The van der Waals surface area contributed by atoms with Gasteiger partial charge in [-0.2, -0.15) is 0 Å². The molecule has 1 N–H and O–H groups in total. The number of aliphatic hydroxyl groups excluding tert-OH is 1. The quantitative estimate of drug-likeness (QED) is 0.681. The molecule has 1 unspecified atom stereocenters. The van der Waals surface area contributed by atoms with Gasteiger partial charge < -0.3 is 19.5 Å². The Morgan fingerprint density at radius 1 is 1.44 bits per heavy atom. The summed E-state index contributed by atoms with van der Waals surface area (Å²) in [5.74, 6) is 0.313. The Hall–Kier alpha value is -0.650. The molecule has 0 aromatic heterocycles.